The Hall–Kier alpha value is -3.19. The zero-order chi connectivity index (χ0) is 30.9. The van der Waals surface area contributed by atoms with Crippen LogP contribution in [0.1, 0.15) is 65.7 Å². The number of alkyl carbamates (subject to hydrolysis) is 1. The molecule has 3 amide bonds. The first-order chi connectivity index (χ1) is 20.3. The van der Waals surface area contributed by atoms with E-state index in [0.29, 0.717) is 18.0 Å². The van der Waals surface area contributed by atoms with Gasteiger partial charge in [-0.25, -0.2) is 14.6 Å². The highest BCUT2D eigenvalue weighted by Crippen LogP contribution is 2.45. The molecule has 5 atom stereocenters. The molecule has 2 aromatic rings. The normalized spacial score (nSPS) is 29.0. The van der Waals surface area contributed by atoms with Crippen LogP contribution in [0.2, 0.25) is 0 Å². The minimum Gasteiger partial charge on any atom is -0.479 e. The van der Waals surface area contributed by atoms with Gasteiger partial charge in [-0.3, -0.25) is 9.59 Å². The Labute approximate surface area is 262 Å². The van der Waals surface area contributed by atoms with E-state index < -0.39 is 53.2 Å². The van der Waals surface area contributed by atoms with E-state index in [1.807, 2.05) is 30.4 Å². The number of halogens is 1. The Morgan fingerprint density at radius 1 is 1.23 bits per heavy atom. The lowest BCUT2D eigenvalue weighted by Crippen LogP contribution is -2.56. The van der Waals surface area contributed by atoms with Crippen molar-refractivity contribution < 1.29 is 33.8 Å². The summed E-state index contributed by atoms with van der Waals surface area (Å²) in [7, 11) is 0. The lowest BCUT2D eigenvalue weighted by atomic mass is 10.0. The van der Waals surface area contributed by atoms with Crippen molar-refractivity contribution in [1.29, 1.82) is 0 Å². The zero-order valence-corrected chi connectivity index (χ0v) is 26.8. The van der Waals surface area contributed by atoms with Gasteiger partial charge in [0.2, 0.25) is 11.8 Å². The molecule has 5 rings (SSSR count). The largest absolute Gasteiger partial charge is 0.479 e. The van der Waals surface area contributed by atoms with Crippen LogP contribution in [0.5, 0.6) is 5.19 Å². The van der Waals surface area contributed by atoms with E-state index in [4.69, 9.17) is 9.47 Å². The molecule has 1 saturated carbocycles. The number of carbonyl (C=O) groups is 4. The van der Waals surface area contributed by atoms with Crippen molar-refractivity contribution in [2.24, 2.45) is 5.92 Å². The molecule has 0 radical (unpaired) electrons. The molecule has 2 fully saturated rings. The Bertz CT molecular complexity index is 1440. The number of fused-ring (bicyclic) bond motifs is 3. The van der Waals surface area contributed by atoms with E-state index >= 15 is 0 Å². The lowest BCUT2D eigenvalue weighted by molar-refractivity contribution is -0.145. The van der Waals surface area contributed by atoms with Gasteiger partial charge in [0, 0.05) is 16.8 Å². The first-order valence-electron chi connectivity index (χ1n) is 14.6. The number of carboxylic acid groups (broad SMARTS) is 1. The second-order valence-electron chi connectivity index (χ2n) is 12.4. The topological polar surface area (TPSA) is 147 Å². The van der Waals surface area contributed by atoms with Gasteiger partial charge in [-0.15, -0.1) is 0 Å². The maximum absolute atomic E-state index is 14.1. The summed E-state index contributed by atoms with van der Waals surface area (Å²) in [4.78, 5) is 58.8. The molecule has 0 unspecified atom stereocenters. The van der Waals surface area contributed by atoms with E-state index in [9.17, 15) is 24.3 Å². The van der Waals surface area contributed by atoms with Crippen molar-refractivity contribution in [2.75, 3.05) is 6.54 Å². The van der Waals surface area contributed by atoms with Crippen LogP contribution < -0.4 is 15.4 Å². The Balaban J connectivity index is 1.42. The van der Waals surface area contributed by atoms with Crippen LogP contribution in [0.25, 0.3) is 10.2 Å². The second-order valence-corrected chi connectivity index (χ2v) is 14.3. The highest BCUT2D eigenvalue weighted by atomic mass is 79.9. The first-order valence-corrected chi connectivity index (χ1v) is 16.2. The molecule has 11 nitrogen and oxygen atoms in total. The van der Waals surface area contributed by atoms with Gasteiger partial charge in [-0.05, 0) is 64.7 Å². The van der Waals surface area contributed by atoms with Gasteiger partial charge >= 0.3 is 12.1 Å². The molecule has 1 aliphatic carbocycles. The van der Waals surface area contributed by atoms with Gasteiger partial charge in [0.05, 0.1) is 16.8 Å². The Morgan fingerprint density at radius 3 is 2.77 bits per heavy atom. The fraction of sp³-hybridized carbons (Fsp3) is 0.567. The number of aromatic nitrogens is 1. The standard InChI is InChI=1S/C30H37BrN4O7S/c1-29(2,3)42-27(40)32-21-10-8-6-4-5-7-9-17-15-30(17,26(38)39)34-24(36)22-14-19(16-35(22)25(21)37)41-28-33-20-12-11-18(31)13-23(20)43-28/h7,9,11-13,17,19,21-22H,4-6,8,10,14-16H2,1-3H3,(H,32,40)(H,34,36)(H,38,39)/b9-7-/t17-,19+,21-,22-,30+/m0/s1. The second kappa shape index (κ2) is 12.4. The molecular weight excluding hydrogens is 640 g/mol. The van der Waals surface area contributed by atoms with Crippen molar-refractivity contribution in [2.45, 2.75) is 95.0 Å². The van der Waals surface area contributed by atoms with E-state index in [0.717, 1.165) is 34.0 Å². The molecule has 3 aliphatic rings. The molecule has 0 bridgehead atoms. The number of allylic oxidation sites excluding steroid dienone is 1. The number of hydrogen-bond donors (Lipinski definition) is 3. The fourth-order valence-corrected chi connectivity index (χ4v) is 7.10. The monoisotopic (exact) mass is 676 g/mol. The number of carboxylic acids is 1. The van der Waals surface area contributed by atoms with Crippen molar-refractivity contribution in [3.05, 3.63) is 34.8 Å². The third kappa shape index (κ3) is 7.31. The predicted molar refractivity (Wildman–Crippen MR) is 164 cm³/mol. The summed E-state index contributed by atoms with van der Waals surface area (Å²) >= 11 is 4.82. The number of amides is 3. The predicted octanol–water partition coefficient (Wildman–Crippen LogP) is 4.78. The number of carbonyl (C=O) groups excluding carboxylic acids is 3. The van der Waals surface area contributed by atoms with Crippen LogP contribution >= 0.6 is 27.3 Å². The number of benzene rings is 1. The number of thiazole rings is 1. The van der Waals surface area contributed by atoms with E-state index in [-0.39, 0.29) is 25.3 Å². The minimum absolute atomic E-state index is 0.0758. The number of ether oxygens (including phenoxy) is 2. The third-order valence-corrected chi connectivity index (χ3v) is 9.31. The van der Waals surface area contributed by atoms with Gasteiger partial charge in [-0.2, -0.15) is 0 Å². The van der Waals surface area contributed by atoms with Gasteiger partial charge < -0.3 is 30.1 Å². The first kappa shape index (κ1) is 31.2. The molecule has 0 spiro atoms. The van der Waals surface area contributed by atoms with Gasteiger partial charge in [0.25, 0.3) is 5.19 Å². The quantitative estimate of drug-likeness (QED) is 0.392. The average molecular weight is 678 g/mol. The molecule has 3 N–H and O–H groups in total. The molecule has 1 saturated heterocycles. The summed E-state index contributed by atoms with van der Waals surface area (Å²) in [5, 5.41) is 15.9. The number of hydrogen-bond acceptors (Lipinski definition) is 8. The summed E-state index contributed by atoms with van der Waals surface area (Å²) in [5.41, 5.74) is -1.40. The maximum Gasteiger partial charge on any atom is 0.408 e. The highest BCUT2D eigenvalue weighted by Gasteiger charge is 2.61. The van der Waals surface area contributed by atoms with Crippen LogP contribution in [0, 0.1) is 5.92 Å². The SMILES string of the molecule is CC(C)(C)OC(=O)N[C@H]1CCCCC/C=C\[C@H]2C[C@@]2(C(=O)O)NC(=O)[C@@H]2C[C@@H](Oc3nc4ccc(Br)cc4s3)CN2C1=O. The number of nitrogens with one attached hydrogen (secondary N) is 2. The molecule has 3 heterocycles. The van der Waals surface area contributed by atoms with Crippen LogP contribution in [0.4, 0.5) is 4.79 Å². The van der Waals surface area contributed by atoms with Crippen LogP contribution in [0.3, 0.4) is 0 Å². The molecule has 1 aromatic heterocycles. The van der Waals surface area contributed by atoms with Crippen LogP contribution in [-0.4, -0.2) is 74.7 Å². The van der Waals surface area contributed by atoms with E-state index in [1.54, 1.807) is 20.8 Å². The third-order valence-electron chi connectivity index (χ3n) is 7.91. The minimum atomic E-state index is -1.41. The Morgan fingerprint density at radius 2 is 2.02 bits per heavy atom. The van der Waals surface area contributed by atoms with Gasteiger partial charge in [-0.1, -0.05) is 52.3 Å². The lowest BCUT2D eigenvalue weighted by Gasteiger charge is -2.30. The number of nitrogens with zero attached hydrogens (tertiary/aromatic N) is 2. The maximum atomic E-state index is 14.1. The van der Waals surface area contributed by atoms with Crippen molar-refractivity contribution in [3.8, 4) is 5.19 Å². The van der Waals surface area contributed by atoms with Gasteiger partial charge in [0.15, 0.2) is 0 Å². The summed E-state index contributed by atoms with van der Waals surface area (Å²) in [5.74, 6) is -2.42. The van der Waals surface area contributed by atoms with Crippen LogP contribution in [0.15, 0.2) is 34.8 Å². The van der Waals surface area contributed by atoms with Gasteiger partial charge in [0.1, 0.15) is 29.3 Å². The zero-order valence-electron chi connectivity index (χ0n) is 24.4. The van der Waals surface area contributed by atoms with Crippen LogP contribution in [-0.2, 0) is 19.1 Å². The summed E-state index contributed by atoms with van der Waals surface area (Å²) < 4.78 is 13.5. The molecule has 1 aromatic carbocycles. The molecular formula is C30H37BrN4O7S. The highest BCUT2D eigenvalue weighted by molar-refractivity contribution is 9.10. The molecule has 2 aliphatic heterocycles. The molecule has 232 valence electrons. The smallest absolute Gasteiger partial charge is 0.408 e. The average Bonchev–Trinajstić information content (AvgIpc) is 3.23. The number of aliphatic carboxylic acids is 1. The van der Waals surface area contributed by atoms with Crippen molar-refractivity contribution in [1.82, 2.24) is 20.5 Å². The Kier molecular flexibility index (Phi) is 9.03. The fourth-order valence-electron chi connectivity index (χ4n) is 5.67. The van der Waals surface area contributed by atoms with E-state index in [1.165, 1.54) is 16.2 Å². The summed E-state index contributed by atoms with van der Waals surface area (Å²) in [6.45, 7) is 5.30. The summed E-state index contributed by atoms with van der Waals surface area (Å²) in [6.07, 6.45) is 6.45. The van der Waals surface area contributed by atoms with E-state index in [2.05, 4.69) is 31.5 Å². The van der Waals surface area contributed by atoms with Crippen molar-refractivity contribution in [3.63, 3.8) is 0 Å². The summed E-state index contributed by atoms with van der Waals surface area (Å²) in [6, 6.07) is 3.78. The molecule has 13 heteroatoms. The van der Waals surface area contributed by atoms with Crippen molar-refractivity contribution >= 4 is 61.4 Å². The molecule has 43 heavy (non-hydrogen) atoms. The number of rotatable bonds is 4.